The third-order valence-electron chi connectivity index (χ3n) is 4.38. The second-order valence-corrected chi connectivity index (χ2v) is 6.24. The third-order valence-corrected chi connectivity index (χ3v) is 4.38. The zero-order valence-corrected chi connectivity index (χ0v) is 17.2. The van der Waals surface area contributed by atoms with E-state index < -0.39 is 0 Å². The van der Waals surface area contributed by atoms with Crippen LogP contribution in [0.1, 0.15) is 36.4 Å². The smallest absolute Gasteiger partial charge is 0.191 e. The van der Waals surface area contributed by atoms with Crippen LogP contribution in [0.5, 0.6) is 11.5 Å². The number of ether oxygens (including phenoxy) is 2. The summed E-state index contributed by atoms with van der Waals surface area (Å²) < 4.78 is 12.9. The Morgan fingerprint density at radius 2 is 1.96 bits per heavy atom. The molecule has 0 fully saturated rings. The zero-order valence-electron chi connectivity index (χ0n) is 17.2. The number of nitrogens with zero attached hydrogens (tertiary/aromatic N) is 3. The first-order valence-corrected chi connectivity index (χ1v) is 9.31. The number of hydrogen-bond acceptors (Lipinski definition) is 4. The van der Waals surface area contributed by atoms with Gasteiger partial charge in [-0.3, -0.25) is 4.68 Å². The molecule has 2 rings (SSSR count). The number of rotatable bonds is 8. The van der Waals surface area contributed by atoms with Gasteiger partial charge in [-0.05, 0) is 45.4 Å². The van der Waals surface area contributed by atoms with Gasteiger partial charge in [-0.15, -0.1) is 0 Å². The van der Waals surface area contributed by atoms with E-state index in [1.54, 1.807) is 7.11 Å². The lowest BCUT2D eigenvalue weighted by atomic mass is 10.2. The van der Waals surface area contributed by atoms with Crippen molar-refractivity contribution >= 4 is 5.96 Å². The van der Waals surface area contributed by atoms with Crippen molar-refractivity contribution in [1.82, 2.24) is 20.4 Å². The summed E-state index contributed by atoms with van der Waals surface area (Å²) in [5.74, 6) is 2.25. The van der Waals surface area contributed by atoms with E-state index in [9.17, 15) is 0 Å². The predicted molar refractivity (Wildman–Crippen MR) is 109 cm³/mol. The molecule has 0 unspecified atom stereocenters. The lowest BCUT2D eigenvalue weighted by Crippen LogP contribution is -2.37. The molecule has 148 valence electrons. The van der Waals surface area contributed by atoms with E-state index in [4.69, 9.17) is 9.47 Å². The van der Waals surface area contributed by atoms with E-state index in [1.165, 1.54) is 5.56 Å². The predicted octanol–water partition coefficient (Wildman–Crippen LogP) is 2.70. The highest BCUT2D eigenvalue weighted by molar-refractivity contribution is 5.79. The number of aliphatic imine (C=N–C) groups is 1. The number of hydrogen-bond donors (Lipinski definition) is 2. The molecule has 7 heteroatoms. The van der Waals surface area contributed by atoms with Crippen LogP contribution in [0.3, 0.4) is 0 Å². The molecule has 7 nitrogen and oxygen atoms in total. The molecule has 0 atom stereocenters. The van der Waals surface area contributed by atoms with E-state index in [2.05, 4.69) is 34.6 Å². The zero-order chi connectivity index (χ0) is 19.8. The summed E-state index contributed by atoms with van der Waals surface area (Å²) in [4.78, 5) is 4.69. The van der Waals surface area contributed by atoms with Crippen LogP contribution in [0.15, 0.2) is 23.2 Å². The third kappa shape index (κ3) is 5.39. The lowest BCUT2D eigenvalue weighted by molar-refractivity contribution is 0.310. The molecule has 1 aromatic carbocycles. The van der Waals surface area contributed by atoms with Crippen LogP contribution in [-0.4, -0.2) is 36.0 Å². The standard InChI is InChI=1S/C20H31N5O2/c1-7-21-20(23-13-17-14(3)24-25(5)15(17)4)22-12-16-9-10-18(27-8-2)19(11-16)26-6/h9-11H,7-8,12-13H2,1-6H3,(H2,21,22,23). The molecule has 0 aliphatic heterocycles. The summed E-state index contributed by atoms with van der Waals surface area (Å²) in [7, 11) is 3.61. The topological polar surface area (TPSA) is 72.7 Å². The van der Waals surface area contributed by atoms with Gasteiger partial charge in [-0.25, -0.2) is 4.99 Å². The summed E-state index contributed by atoms with van der Waals surface area (Å²) in [6.07, 6.45) is 0. The molecule has 0 bridgehead atoms. The second kappa shape index (κ2) is 9.85. The van der Waals surface area contributed by atoms with Crippen LogP contribution in [0.25, 0.3) is 0 Å². The Morgan fingerprint density at radius 1 is 1.19 bits per heavy atom. The van der Waals surface area contributed by atoms with Crippen LogP contribution in [-0.2, 0) is 20.1 Å². The second-order valence-electron chi connectivity index (χ2n) is 6.24. The molecule has 2 N–H and O–H groups in total. The van der Waals surface area contributed by atoms with Crippen molar-refractivity contribution in [3.05, 3.63) is 40.7 Å². The van der Waals surface area contributed by atoms with Gasteiger partial charge < -0.3 is 20.1 Å². The van der Waals surface area contributed by atoms with Crippen LogP contribution < -0.4 is 20.1 Å². The summed E-state index contributed by atoms with van der Waals surface area (Å²) >= 11 is 0. The summed E-state index contributed by atoms with van der Waals surface area (Å²) in [5.41, 5.74) is 4.45. The van der Waals surface area contributed by atoms with Crippen molar-refractivity contribution in [2.45, 2.75) is 40.8 Å². The van der Waals surface area contributed by atoms with Gasteiger partial charge in [0.25, 0.3) is 0 Å². The van der Waals surface area contributed by atoms with Gasteiger partial charge in [0, 0.05) is 31.4 Å². The first-order valence-electron chi connectivity index (χ1n) is 9.31. The highest BCUT2D eigenvalue weighted by atomic mass is 16.5. The lowest BCUT2D eigenvalue weighted by Gasteiger charge is -2.13. The Morgan fingerprint density at radius 3 is 2.56 bits per heavy atom. The molecule has 0 saturated carbocycles. The normalized spacial score (nSPS) is 11.4. The fourth-order valence-corrected chi connectivity index (χ4v) is 2.84. The van der Waals surface area contributed by atoms with Crippen LogP contribution in [0.4, 0.5) is 0 Å². The summed E-state index contributed by atoms with van der Waals surface area (Å²) in [6, 6.07) is 5.90. The highest BCUT2D eigenvalue weighted by Crippen LogP contribution is 2.28. The van der Waals surface area contributed by atoms with E-state index >= 15 is 0 Å². The molecule has 0 radical (unpaired) electrons. The largest absolute Gasteiger partial charge is 0.493 e. The Balaban J connectivity index is 2.08. The van der Waals surface area contributed by atoms with Crippen molar-refractivity contribution in [2.75, 3.05) is 20.3 Å². The average molecular weight is 374 g/mol. The van der Waals surface area contributed by atoms with Crippen molar-refractivity contribution < 1.29 is 9.47 Å². The minimum absolute atomic E-state index is 0.545. The van der Waals surface area contributed by atoms with Crippen molar-refractivity contribution in [1.29, 1.82) is 0 Å². The molecule has 0 aliphatic rings. The van der Waals surface area contributed by atoms with Crippen LogP contribution in [0, 0.1) is 13.8 Å². The fourth-order valence-electron chi connectivity index (χ4n) is 2.84. The molecule has 0 saturated heterocycles. The molecule has 0 spiro atoms. The van der Waals surface area contributed by atoms with Crippen molar-refractivity contribution in [3.63, 3.8) is 0 Å². The Hall–Kier alpha value is -2.70. The minimum atomic E-state index is 0.545. The SMILES string of the molecule is CCNC(=NCc1ccc(OCC)c(OC)c1)NCc1c(C)nn(C)c1C. The summed E-state index contributed by atoms with van der Waals surface area (Å²) in [6.45, 7) is 10.7. The molecule has 0 amide bonds. The molecule has 27 heavy (non-hydrogen) atoms. The molecule has 1 heterocycles. The number of nitrogens with one attached hydrogen (secondary N) is 2. The van der Waals surface area contributed by atoms with Gasteiger partial charge in [-0.2, -0.15) is 5.10 Å². The number of aryl methyl sites for hydroxylation is 2. The van der Waals surface area contributed by atoms with Crippen LogP contribution >= 0.6 is 0 Å². The van der Waals surface area contributed by atoms with Crippen LogP contribution in [0.2, 0.25) is 0 Å². The van der Waals surface area contributed by atoms with Gasteiger partial charge in [0.05, 0.1) is 26.0 Å². The number of benzene rings is 1. The maximum atomic E-state index is 5.57. The van der Waals surface area contributed by atoms with Crippen molar-refractivity contribution in [2.24, 2.45) is 12.0 Å². The first-order chi connectivity index (χ1) is 13.0. The number of guanidine groups is 1. The maximum Gasteiger partial charge on any atom is 0.191 e. The molecule has 0 aliphatic carbocycles. The minimum Gasteiger partial charge on any atom is -0.493 e. The molecule has 1 aromatic heterocycles. The Bertz CT molecular complexity index is 783. The van der Waals surface area contributed by atoms with Gasteiger partial charge in [0.1, 0.15) is 0 Å². The van der Waals surface area contributed by atoms with Gasteiger partial charge >= 0.3 is 0 Å². The average Bonchev–Trinajstić information content (AvgIpc) is 2.90. The quantitative estimate of drug-likeness (QED) is 0.550. The van der Waals surface area contributed by atoms with Gasteiger partial charge in [0.2, 0.25) is 0 Å². The molecular weight excluding hydrogens is 342 g/mol. The summed E-state index contributed by atoms with van der Waals surface area (Å²) in [5, 5.41) is 11.1. The van der Waals surface area contributed by atoms with Gasteiger partial charge in [-0.1, -0.05) is 6.07 Å². The number of aromatic nitrogens is 2. The van der Waals surface area contributed by atoms with E-state index in [0.29, 0.717) is 19.7 Å². The Kier molecular flexibility index (Phi) is 7.52. The van der Waals surface area contributed by atoms with E-state index in [-0.39, 0.29) is 0 Å². The molecular formula is C20H31N5O2. The maximum absolute atomic E-state index is 5.57. The monoisotopic (exact) mass is 373 g/mol. The van der Waals surface area contributed by atoms with E-state index in [0.717, 1.165) is 41.0 Å². The number of methoxy groups -OCH3 is 1. The van der Waals surface area contributed by atoms with Gasteiger partial charge in [0.15, 0.2) is 17.5 Å². The molecule has 2 aromatic rings. The fraction of sp³-hybridized carbons (Fsp3) is 0.500. The van der Waals surface area contributed by atoms with E-state index in [1.807, 2.05) is 43.8 Å². The Labute approximate surface area is 161 Å². The first kappa shape index (κ1) is 20.6. The van der Waals surface area contributed by atoms with Crippen molar-refractivity contribution in [3.8, 4) is 11.5 Å². The highest BCUT2D eigenvalue weighted by Gasteiger charge is 2.10.